The van der Waals surface area contributed by atoms with Crippen LogP contribution in [0, 0.1) is 5.82 Å². The topological polar surface area (TPSA) is 81.7 Å². The number of hydrogen-bond acceptors (Lipinski definition) is 5. The van der Waals surface area contributed by atoms with Gasteiger partial charge in [0.05, 0.1) is 15.5 Å². The van der Waals surface area contributed by atoms with Crippen molar-refractivity contribution in [2.45, 2.75) is 4.90 Å². The summed E-state index contributed by atoms with van der Waals surface area (Å²) < 4.78 is 47.2. The number of fused-ring (bicyclic) bond motifs is 1. The zero-order valence-corrected chi connectivity index (χ0v) is 14.7. The van der Waals surface area contributed by atoms with E-state index in [0.29, 0.717) is 0 Å². The van der Waals surface area contributed by atoms with E-state index in [1.807, 2.05) is 0 Å². The van der Waals surface area contributed by atoms with Gasteiger partial charge >= 0.3 is 0 Å². The molecule has 1 N–H and O–H groups in total. The second-order valence-electron chi connectivity index (χ2n) is 5.02. The van der Waals surface area contributed by atoms with Gasteiger partial charge in [-0.25, -0.2) is 12.8 Å². The van der Waals surface area contributed by atoms with E-state index in [1.165, 1.54) is 18.2 Å². The fraction of sp³-hybridized carbons (Fsp3) is 0.133. The zero-order chi connectivity index (χ0) is 18.2. The fourth-order valence-corrected chi connectivity index (χ4v) is 3.16. The molecule has 0 atom stereocenters. The average molecular weight is 406 g/mol. The van der Waals surface area contributed by atoms with Gasteiger partial charge in [-0.05, 0) is 24.3 Å². The molecule has 25 heavy (non-hydrogen) atoms. The van der Waals surface area contributed by atoms with Gasteiger partial charge in [0, 0.05) is 22.4 Å². The van der Waals surface area contributed by atoms with Gasteiger partial charge in [0.1, 0.15) is 19.0 Å². The third kappa shape index (κ3) is 3.81. The standard InChI is InChI=1S/C15H10Cl2FNO5S/c16-11-5-8(1-2-12(11)18)19-15(20)10-6-9(25(17,21)22)7-13-14(10)24-4-3-23-13/h1-2,5-7H,3-4H2,(H,19,20). The monoisotopic (exact) mass is 405 g/mol. The number of anilines is 1. The SMILES string of the molecule is O=C(Nc1ccc(F)c(Cl)c1)c1cc(S(=O)(=O)Cl)cc2c1OCCO2. The third-order valence-corrected chi connectivity index (χ3v) is 4.94. The quantitative estimate of drug-likeness (QED) is 0.790. The van der Waals surface area contributed by atoms with Gasteiger partial charge in [0.2, 0.25) is 0 Å². The van der Waals surface area contributed by atoms with E-state index in [4.69, 9.17) is 31.8 Å². The van der Waals surface area contributed by atoms with E-state index in [1.54, 1.807) is 0 Å². The lowest BCUT2D eigenvalue weighted by atomic mass is 10.1. The summed E-state index contributed by atoms with van der Waals surface area (Å²) in [4.78, 5) is 12.2. The van der Waals surface area contributed by atoms with Crippen molar-refractivity contribution in [1.82, 2.24) is 0 Å². The molecule has 2 aromatic rings. The molecule has 1 aliphatic rings. The molecule has 6 nitrogen and oxygen atoms in total. The second-order valence-corrected chi connectivity index (χ2v) is 7.99. The Morgan fingerprint density at radius 3 is 2.56 bits per heavy atom. The van der Waals surface area contributed by atoms with Crippen LogP contribution in [-0.4, -0.2) is 27.5 Å². The van der Waals surface area contributed by atoms with E-state index < -0.39 is 20.8 Å². The molecule has 0 unspecified atom stereocenters. The highest BCUT2D eigenvalue weighted by Gasteiger charge is 2.25. The van der Waals surface area contributed by atoms with E-state index in [2.05, 4.69) is 5.32 Å². The van der Waals surface area contributed by atoms with Crippen molar-refractivity contribution in [3.8, 4) is 11.5 Å². The Balaban J connectivity index is 2.02. The Morgan fingerprint density at radius 2 is 1.88 bits per heavy atom. The van der Waals surface area contributed by atoms with Crippen LogP contribution in [-0.2, 0) is 9.05 Å². The Kier molecular flexibility index (Phi) is 4.77. The van der Waals surface area contributed by atoms with Crippen molar-refractivity contribution in [3.63, 3.8) is 0 Å². The first kappa shape index (κ1) is 17.8. The highest BCUT2D eigenvalue weighted by molar-refractivity contribution is 8.13. The number of amides is 1. The van der Waals surface area contributed by atoms with Gasteiger partial charge in [-0.1, -0.05) is 11.6 Å². The summed E-state index contributed by atoms with van der Waals surface area (Å²) in [6, 6.07) is 5.89. The number of carbonyl (C=O) groups excluding carboxylic acids is 1. The average Bonchev–Trinajstić information content (AvgIpc) is 2.56. The summed E-state index contributed by atoms with van der Waals surface area (Å²) in [5, 5.41) is 2.32. The van der Waals surface area contributed by atoms with Gasteiger partial charge < -0.3 is 14.8 Å². The highest BCUT2D eigenvalue weighted by atomic mass is 35.7. The lowest BCUT2D eigenvalue weighted by molar-refractivity contribution is 0.101. The Bertz CT molecular complexity index is 965. The summed E-state index contributed by atoms with van der Waals surface area (Å²) in [6.45, 7) is 0.399. The van der Waals surface area contributed by atoms with Crippen molar-refractivity contribution < 1.29 is 27.1 Å². The van der Waals surface area contributed by atoms with Crippen LogP contribution in [0.25, 0.3) is 0 Å². The first-order valence-electron chi connectivity index (χ1n) is 6.90. The van der Waals surface area contributed by atoms with Crippen LogP contribution in [0.2, 0.25) is 5.02 Å². The zero-order valence-electron chi connectivity index (χ0n) is 12.4. The van der Waals surface area contributed by atoms with Crippen molar-refractivity contribution in [3.05, 3.63) is 46.7 Å². The third-order valence-electron chi connectivity index (χ3n) is 3.32. The molecule has 0 aromatic heterocycles. The molecule has 1 aliphatic heterocycles. The fourth-order valence-electron chi connectivity index (χ4n) is 2.21. The van der Waals surface area contributed by atoms with Crippen LogP contribution in [0.15, 0.2) is 35.2 Å². The van der Waals surface area contributed by atoms with Crippen LogP contribution >= 0.6 is 22.3 Å². The Hall–Kier alpha value is -2.03. The number of benzene rings is 2. The maximum absolute atomic E-state index is 13.2. The molecule has 10 heteroatoms. The van der Waals surface area contributed by atoms with Crippen LogP contribution < -0.4 is 14.8 Å². The second kappa shape index (κ2) is 6.70. The lowest BCUT2D eigenvalue weighted by Crippen LogP contribution is -2.21. The predicted octanol–water partition coefficient (Wildman–Crippen LogP) is 3.43. The van der Waals surface area contributed by atoms with E-state index in [9.17, 15) is 17.6 Å². The molecule has 2 aromatic carbocycles. The normalized spacial score (nSPS) is 13.4. The molecule has 1 amide bonds. The van der Waals surface area contributed by atoms with Crippen molar-refractivity contribution >= 4 is 42.9 Å². The number of hydrogen-bond donors (Lipinski definition) is 1. The maximum atomic E-state index is 13.2. The molecular weight excluding hydrogens is 396 g/mol. The van der Waals surface area contributed by atoms with Gasteiger partial charge in [0.15, 0.2) is 11.5 Å². The first-order chi connectivity index (χ1) is 11.8. The molecule has 0 radical (unpaired) electrons. The van der Waals surface area contributed by atoms with Crippen molar-refractivity contribution in [1.29, 1.82) is 0 Å². The van der Waals surface area contributed by atoms with Gasteiger partial charge in [-0.2, -0.15) is 0 Å². The molecule has 0 saturated carbocycles. The summed E-state index contributed by atoms with van der Waals surface area (Å²) >= 11 is 5.68. The minimum Gasteiger partial charge on any atom is -0.486 e. The van der Waals surface area contributed by atoms with E-state index in [-0.39, 0.29) is 45.9 Å². The van der Waals surface area contributed by atoms with E-state index >= 15 is 0 Å². The predicted molar refractivity (Wildman–Crippen MR) is 89.8 cm³/mol. The summed E-state index contributed by atoms with van der Waals surface area (Å²) in [7, 11) is 1.27. The van der Waals surface area contributed by atoms with Crippen LogP contribution in [0.4, 0.5) is 10.1 Å². The molecule has 1 heterocycles. The number of ether oxygens (including phenoxy) is 2. The summed E-state index contributed by atoms with van der Waals surface area (Å²) in [5.41, 5.74) is 0.137. The largest absolute Gasteiger partial charge is 0.486 e. The maximum Gasteiger partial charge on any atom is 0.261 e. The molecule has 3 rings (SSSR count). The van der Waals surface area contributed by atoms with Crippen LogP contribution in [0.5, 0.6) is 11.5 Å². The summed E-state index contributed by atoms with van der Waals surface area (Å²) in [6.07, 6.45) is 0. The smallest absolute Gasteiger partial charge is 0.261 e. The van der Waals surface area contributed by atoms with Crippen molar-refractivity contribution in [2.24, 2.45) is 0 Å². The number of halogens is 3. The first-order valence-corrected chi connectivity index (χ1v) is 9.59. The molecule has 0 aliphatic carbocycles. The molecular formula is C15H10Cl2FNO5S. The van der Waals surface area contributed by atoms with Crippen LogP contribution in [0.3, 0.4) is 0 Å². The number of nitrogens with one attached hydrogen (secondary N) is 1. The molecule has 0 saturated heterocycles. The van der Waals surface area contributed by atoms with Crippen molar-refractivity contribution in [2.75, 3.05) is 18.5 Å². The van der Waals surface area contributed by atoms with Gasteiger partial charge in [-0.15, -0.1) is 0 Å². The molecule has 0 fully saturated rings. The number of carbonyl (C=O) groups is 1. The summed E-state index contributed by atoms with van der Waals surface area (Å²) in [5.74, 6) is -1.13. The lowest BCUT2D eigenvalue weighted by Gasteiger charge is -2.21. The minimum absolute atomic E-state index is 0.0862. The van der Waals surface area contributed by atoms with Gasteiger partial charge in [-0.3, -0.25) is 4.79 Å². The molecule has 0 bridgehead atoms. The minimum atomic E-state index is -4.09. The van der Waals surface area contributed by atoms with Gasteiger partial charge in [0.25, 0.3) is 15.0 Å². The number of rotatable bonds is 3. The van der Waals surface area contributed by atoms with Crippen LogP contribution in [0.1, 0.15) is 10.4 Å². The Labute approximate surface area is 151 Å². The molecule has 132 valence electrons. The van der Waals surface area contributed by atoms with E-state index in [0.717, 1.165) is 12.1 Å². The molecule has 0 spiro atoms. The highest BCUT2D eigenvalue weighted by Crippen LogP contribution is 2.37. The Morgan fingerprint density at radius 1 is 1.16 bits per heavy atom.